The van der Waals surface area contributed by atoms with Gasteiger partial charge in [0.15, 0.2) is 5.60 Å². The fourth-order valence-electron chi connectivity index (χ4n) is 2.98. The van der Waals surface area contributed by atoms with E-state index in [4.69, 9.17) is 9.47 Å². The Morgan fingerprint density at radius 3 is 2.54 bits per heavy atom. The molecule has 130 valence electrons. The molecule has 0 radical (unpaired) electrons. The third-order valence-corrected chi connectivity index (χ3v) is 4.62. The number of fused-ring (bicyclic) bond motifs is 1. The van der Waals surface area contributed by atoms with E-state index in [1.54, 1.807) is 14.0 Å². The van der Waals surface area contributed by atoms with E-state index in [2.05, 4.69) is 6.92 Å². The molecule has 24 heavy (non-hydrogen) atoms. The fraction of sp³-hybridized carbons (Fsp3) is 0.476. The highest BCUT2D eigenvalue weighted by atomic mass is 16.6. The molecule has 3 nitrogen and oxygen atoms in total. The van der Waals surface area contributed by atoms with Crippen LogP contribution in [-0.4, -0.2) is 19.2 Å². The highest BCUT2D eigenvalue weighted by Crippen LogP contribution is 2.33. The normalized spacial score (nSPS) is 15.0. The Balaban J connectivity index is 2.25. The van der Waals surface area contributed by atoms with Gasteiger partial charge >= 0.3 is 5.97 Å². The van der Waals surface area contributed by atoms with Crippen molar-refractivity contribution in [2.75, 3.05) is 7.11 Å². The van der Waals surface area contributed by atoms with Gasteiger partial charge in [-0.05, 0) is 37.5 Å². The zero-order valence-corrected chi connectivity index (χ0v) is 15.2. The number of rotatable bonds is 8. The maximum absolute atomic E-state index is 12.8. The van der Waals surface area contributed by atoms with Crippen molar-refractivity contribution in [1.82, 2.24) is 0 Å². The highest BCUT2D eigenvalue weighted by Gasteiger charge is 2.39. The first-order valence-corrected chi connectivity index (χ1v) is 8.77. The number of esters is 1. The Kier molecular flexibility index (Phi) is 6.38. The fourth-order valence-corrected chi connectivity index (χ4v) is 2.98. The lowest BCUT2D eigenvalue weighted by atomic mass is 9.90. The van der Waals surface area contributed by atoms with Crippen molar-refractivity contribution in [3.63, 3.8) is 0 Å². The van der Waals surface area contributed by atoms with Gasteiger partial charge in [0.1, 0.15) is 0 Å². The van der Waals surface area contributed by atoms with Crippen LogP contribution in [0.15, 0.2) is 42.5 Å². The molecule has 0 saturated heterocycles. The van der Waals surface area contributed by atoms with Crippen LogP contribution in [0.4, 0.5) is 0 Å². The number of unbranched alkanes of at least 4 members (excludes halogenated alkanes) is 2. The number of carbonyl (C=O) groups excluding carboxylic acids is 1. The number of hydrogen-bond acceptors (Lipinski definition) is 3. The number of benzene rings is 2. The molecule has 2 aromatic carbocycles. The minimum atomic E-state index is -1.11. The van der Waals surface area contributed by atoms with Gasteiger partial charge in [-0.3, -0.25) is 0 Å². The summed E-state index contributed by atoms with van der Waals surface area (Å²) < 4.78 is 11.3. The maximum atomic E-state index is 12.8. The summed E-state index contributed by atoms with van der Waals surface area (Å²) in [5.74, 6) is -0.328. The molecule has 0 amide bonds. The van der Waals surface area contributed by atoms with E-state index in [9.17, 15) is 4.79 Å². The lowest BCUT2D eigenvalue weighted by Gasteiger charge is -2.29. The molecule has 2 rings (SSSR count). The number of hydrogen-bond donors (Lipinski definition) is 0. The highest BCUT2D eigenvalue weighted by molar-refractivity contribution is 5.92. The molecular formula is C21H28O3. The molecule has 0 bridgehead atoms. The Labute approximate surface area is 145 Å². The van der Waals surface area contributed by atoms with Crippen molar-refractivity contribution in [3.8, 4) is 0 Å². The molecule has 2 atom stereocenters. The third-order valence-electron chi connectivity index (χ3n) is 4.62. The van der Waals surface area contributed by atoms with Gasteiger partial charge < -0.3 is 9.47 Å². The van der Waals surface area contributed by atoms with Crippen LogP contribution >= 0.6 is 0 Å². The molecule has 0 saturated carbocycles. The van der Waals surface area contributed by atoms with Crippen molar-refractivity contribution >= 4 is 16.7 Å². The van der Waals surface area contributed by atoms with Gasteiger partial charge in [-0.2, -0.15) is 0 Å². The Bertz CT molecular complexity index is 674. The van der Waals surface area contributed by atoms with Gasteiger partial charge in [0.05, 0.1) is 6.10 Å². The largest absolute Gasteiger partial charge is 0.460 e. The molecule has 0 spiro atoms. The average Bonchev–Trinajstić information content (AvgIpc) is 2.60. The van der Waals surface area contributed by atoms with E-state index in [0.717, 1.165) is 42.0 Å². The SMILES string of the molecule is CCCCC[C@H](C)OC(=O)[C@@](C)(OC)c1cccc2ccccc12. The number of methoxy groups -OCH3 is 1. The monoisotopic (exact) mass is 328 g/mol. The van der Waals surface area contributed by atoms with Crippen molar-refractivity contribution in [2.24, 2.45) is 0 Å². The van der Waals surface area contributed by atoms with Crippen molar-refractivity contribution in [3.05, 3.63) is 48.0 Å². The van der Waals surface area contributed by atoms with E-state index in [1.807, 2.05) is 49.4 Å². The zero-order chi connectivity index (χ0) is 17.6. The summed E-state index contributed by atoms with van der Waals surface area (Å²) in [4.78, 5) is 12.8. The molecule has 0 aromatic heterocycles. The molecule has 0 aliphatic heterocycles. The van der Waals surface area contributed by atoms with Gasteiger partial charge in [-0.25, -0.2) is 4.79 Å². The van der Waals surface area contributed by atoms with E-state index >= 15 is 0 Å². The molecule has 0 aliphatic carbocycles. The van der Waals surface area contributed by atoms with Crippen LogP contribution in [-0.2, 0) is 19.9 Å². The van der Waals surface area contributed by atoms with E-state index in [1.165, 1.54) is 0 Å². The second-order valence-corrected chi connectivity index (χ2v) is 6.48. The van der Waals surface area contributed by atoms with E-state index < -0.39 is 5.60 Å². The summed E-state index contributed by atoms with van der Waals surface area (Å²) in [6, 6.07) is 13.9. The van der Waals surface area contributed by atoms with E-state index in [0.29, 0.717) is 0 Å². The van der Waals surface area contributed by atoms with Crippen molar-refractivity contribution in [1.29, 1.82) is 0 Å². The van der Waals surface area contributed by atoms with Crippen molar-refractivity contribution < 1.29 is 14.3 Å². The Morgan fingerprint density at radius 2 is 1.83 bits per heavy atom. The van der Waals surface area contributed by atoms with Crippen LogP contribution in [0.2, 0.25) is 0 Å². The lowest BCUT2D eigenvalue weighted by molar-refractivity contribution is -0.173. The van der Waals surface area contributed by atoms with Crippen LogP contribution in [0.25, 0.3) is 10.8 Å². The van der Waals surface area contributed by atoms with Crippen molar-refractivity contribution in [2.45, 2.75) is 58.2 Å². The Hall–Kier alpha value is -1.87. The first-order chi connectivity index (χ1) is 11.5. The molecule has 0 aliphatic rings. The Morgan fingerprint density at radius 1 is 1.12 bits per heavy atom. The summed E-state index contributed by atoms with van der Waals surface area (Å²) in [5, 5.41) is 2.10. The minimum Gasteiger partial charge on any atom is -0.460 e. The van der Waals surface area contributed by atoms with Gasteiger partial charge in [0.25, 0.3) is 0 Å². The predicted octanol–water partition coefficient (Wildman–Crippen LogP) is 5.21. The minimum absolute atomic E-state index is 0.103. The molecule has 2 aromatic rings. The van der Waals surface area contributed by atoms with Gasteiger partial charge in [0.2, 0.25) is 0 Å². The van der Waals surface area contributed by atoms with Crippen LogP contribution in [0.5, 0.6) is 0 Å². The predicted molar refractivity (Wildman–Crippen MR) is 98.0 cm³/mol. The molecule has 0 heterocycles. The molecule has 0 fully saturated rings. The first kappa shape index (κ1) is 18.5. The summed E-state index contributed by atoms with van der Waals surface area (Å²) in [7, 11) is 1.56. The zero-order valence-electron chi connectivity index (χ0n) is 15.2. The quantitative estimate of drug-likeness (QED) is 0.493. The van der Waals surface area contributed by atoms with Crippen LogP contribution in [0.3, 0.4) is 0 Å². The average molecular weight is 328 g/mol. The second-order valence-electron chi connectivity index (χ2n) is 6.48. The summed E-state index contributed by atoms with van der Waals surface area (Å²) in [5.41, 5.74) is -0.270. The van der Waals surface area contributed by atoms with Crippen LogP contribution in [0, 0.1) is 0 Å². The molecule has 3 heteroatoms. The standard InChI is InChI=1S/C21H28O3/c1-5-6-7-11-16(2)24-20(22)21(3,23-4)19-15-10-13-17-12-8-9-14-18(17)19/h8-10,12-16H,5-7,11H2,1-4H3/t16-,21-/m0/s1. The smallest absolute Gasteiger partial charge is 0.343 e. The van der Waals surface area contributed by atoms with Gasteiger partial charge in [-0.1, -0.05) is 62.2 Å². The molecule has 0 unspecified atom stereocenters. The van der Waals surface area contributed by atoms with Crippen LogP contribution in [0.1, 0.15) is 52.0 Å². The summed E-state index contributed by atoms with van der Waals surface area (Å²) in [6.45, 7) is 5.90. The molecular weight excluding hydrogens is 300 g/mol. The number of carbonyl (C=O) groups is 1. The lowest BCUT2D eigenvalue weighted by Crippen LogP contribution is -2.38. The maximum Gasteiger partial charge on any atom is 0.343 e. The van der Waals surface area contributed by atoms with Gasteiger partial charge in [0, 0.05) is 12.7 Å². The van der Waals surface area contributed by atoms with E-state index in [-0.39, 0.29) is 12.1 Å². The third kappa shape index (κ3) is 3.96. The topological polar surface area (TPSA) is 35.5 Å². The first-order valence-electron chi connectivity index (χ1n) is 8.77. The summed E-state index contributed by atoms with van der Waals surface area (Å²) >= 11 is 0. The van der Waals surface area contributed by atoms with Gasteiger partial charge in [-0.15, -0.1) is 0 Å². The second kappa shape index (κ2) is 8.29. The molecule has 0 N–H and O–H groups in total. The number of ether oxygens (including phenoxy) is 2. The van der Waals surface area contributed by atoms with Crippen LogP contribution < -0.4 is 0 Å². The summed E-state index contributed by atoms with van der Waals surface area (Å²) in [6.07, 6.45) is 4.17.